The summed E-state index contributed by atoms with van der Waals surface area (Å²) in [5, 5.41) is 6.74. The Hall–Kier alpha value is -2.16. The molecule has 0 bridgehead atoms. The molecule has 6 nitrogen and oxygen atoms in total. The molecule has 1 aliphatic rings. The fourth-order valence-corrected chi connectivity index (χ4v) is 3.53. The summed E-state index contributed by atoms with van der Waals surface area (Å²) < 4.78 is 10.7. The van der Waals surface area contributed by atoms with Crippen LogP contribution in [-0.4, -0.2) is 40.8 Å². The standard InChI is InChI=1S/C22H30N4O2.HI/c1-23-22(25-15-18-8-9-19(27-3)13-21(18)28-4)24-14-16-7-10-20-17(12-16)6-5-11-26(20)2;/h7-10,12-13H,5-6,11,14-15H2,1-4H3,(H2,23,24,25);1H. The molecule has 0 saturated heterocycles. The molecular formula is C22H31IN4O2. The Morgan fingerprint density at radius 1 is 1.07 bits per heavy atom. The van der Waals surface area contributed by atoms with Crippen LogP contribution in [0.4, 0.5) is 5.69 Å². The van der Waals surface area contributed by atoms with Crippen molar-refractivity contribution in [1.29, 1.82) is 0 Å². The first kappa shape index (κ1) is 23.1. The number of benzene rings is 2. The molecule has 7 heteroatoms. The van der Waals surface area contributed by atoms with Gasteiger partial charge in [0.15, 0.2) is 5.96 Å². The van der Waals surface area contributed by atoms with E-state index in [4.69, 9.17) is 9.47 Å². The van der Waals surface area contributed by atoms with Crippen molar-refractivity contribution in [2.45, 2.75) is 25.9 Å². The number of anilines is 1. The number of hydrogen-bond donors (Lipinski definition) is 2. The molecule has 2 aromatic rings. The monoisotopic (exact) mass is 510 g/mol. The minimum Gasteiger partial charge on any atom is -0.497 e. The Balaban J connectivity index is 0.00000300. The highest BCUT2D eigenvalue weighted by molar-refractivity contribution is 14.0. The Labute approximate surface area is 190 Å². The summed E-state index contributed by atoms with van der Waals surface area (Å²) in [7, 11) is 7.26. The molecule has 1 heterocycles. The number of rotatable bonds is 6. The summed E-state index contributed by atoms with van der Waals surface area (Å²) in [6, 6.07) is 12.5. The van der Waals surface area contributed by atoms with E-state index in [9.17, 15) is 0 Å². The zero-order chi connectivity index (χ0) is 19.9. The number of hydrogen-bond acceptors (Lipinski definition) is 4. The predicted molar refractivity (Wildman–Crippen MR) is 130 cm³/mol. The van der Waals surface area contributed by atoms with Gasteiger partial charge in [-0.25, -0.2) is 0 Å². The summed E-state index contributed by atoms with van der Waals surface area (Å²) >= 11 is 0. The van der Waals surface area contributed by atoms with Gasteiger partial charge >= 0.3 is 0 Å². The van der Waals surface area contributed by atoms with Crippen LogP contribution >= 0.6 is 24.0 Å². The lowest BCUT2D eigenvalue weighted by Gasteiger charge is -2.28. The van der Waals surface area contributed by atoms with Gasteiger partial charge in [-0.2, -0.15) is 0 Å². The molecule has 0 spiro atoms. The second kappa shape index (κ2) is 11.1. The van der Waals surface area contributed by atoms with Crippen molar-refractivity contribution in [3.8, 4) is 11.5 Å². The number of methoxy groups -OCH3 is 2. The molecule has 0 fully saturated rings. The Kier molecular flexibility index (Phi) is 8.88. The zero-order valence-electron chi connectivity index (χ0n) is 17.6. The molecule has 29 heavy (non-hydrogen) atoms. The van der Waals surface area contributed by atoms with Gasteiger partial charge in [-0.1, -0.05) is 12.1 Å². The van der Waals surface area contributed by atoms with E-state index in [0.29, 0.717) is 6.54 Å². The van der Waals surface area contributed by atoms with Crippen molar-refractivity contribution in [1.82, 2.24) is 10.6 Å². The van der Waals surface area contributed by atoms with Crippen molar-refractivity contribution >= 4 is 35.6 Å². The van der Waals surface area contributed by atoms with Crippen molar-refractivity contribution < 1.29 is 9.47 Å². The molecule has 0 amide bonds. The van der Waals surface area contributed by atoms with E-state index in [2.05, 4.69) is 45.8 Å². The lowest BCUT2D eigenvalue weighted by atomic mass is 9.99. The Morgan fingerprint density at radius 2 is 1.86 bits per heavy atom. The minimum atomic E-state index is 0. The van der Waals surface area contributed by atoms with E-state index >= 15 is 0 Å². The highest BCUT2D eigenvalue weighted by Gasteiger charge is 2.13. The summed E-state index contributed by atoms with van der Waals surface area (Å²) in [6.07, 6.45) is 2.37. The number of nitrogens with one attached hydrogen (secondary N) is 2. The number of halogens is 1. The van der Waals surface area contributed by atoms with Gasteiger partial charge in [0.05, 0.1) is 14.2 Å². The molecule has 0 aromatic heterocycles. The molecule has 0 unspecified atom stereocenters. The second-order valence-electron chi connectivity index (χ2n) is 6.95. The van der Waals surface area contributed by atoms with Gasteiger partial charge in [0.2, 0.25) is 0 Å². The van der Waals surface area contributed by atoms with Gasteiger partial charge in [-0.05, 0) is 42.2 Å². The van der Waals surface area contributed by atoms with Gasteiger partial charge < -0.3 is 25.0 Å². The number of nitrogens with zero attached hydrogens (tertiary/aromatic N) is 2. The number of ether oxygens (including phenoxy) is 2. The average molecular weight is 510 g/mol. The molecule has 0 aliphatic carbocycles. The largest absolute Gasteiger partial charge is 0.497 e. The first-order chi connectivity index (χ1) is 13.6. The van der Waals surface area contributed by atoms with Crippen LogP contribution in [0.3, 0.4) is 0 Å². The summed E-state index contributed by atoms with van der Waals surface area (Å²) in [5.74, 6) is 2.33. The van der Waals surface area contributed by atoms with E-state index < -0.39 is 0 Å². The second-order valence-corrected chi connectivity index (χ2v) is 6.95. The first-order valence-electron chi connectivity index (χ1n) is 9.63. The van der Waals surface area contributed by atoms with Gasteiger partial charge in [-0.3, -0.25) is 4.99 Å². The van der Waals surface area contributed by atoms with E-state index in [1.54, 1.807) is 21.3 Å². The molecule has 1 aliphatic heterocycles. The maximum absolute atomic E-state index is 5.46. The highest BCUT2D eigenvalue weighted by Crippen LogP contribution is 2.27. The third kappa shape index (κ3) is 5.91. The van der Waals surface area contributed by atoms with Crippen molar-refractivity contribution in [3.63, 3.8) is 0 Å². The Bertz CT molecular complexity index is 842. The zero-order valence-corrected chi connectivity index (χ0v) is 19.9. The van der Waals surface area contributed by atoms with E-state index in [0.717, 1.165) is 42.5 Å². The summed E-state index contributed by atoms with van der Waals surface area (Å²) in [4.78, 5) is 6.66. The van der Waals surface area contributed by atoms with Crippen LogP contribution in [-0.2, 0) is 19.5 Å². The normalized spacial score (nSPS) is 13.2. The quantitative estimate of drug-likeness (QED) is 0.354. The van der Waals surface area contributed by atoms with Gasteiger partial charge in [0.25, 0.3) is 0 Å². The molecule has 0 radical (unpaired) electrons. The van der Waals surface area contributed by atoms with E-state index in [1.807, 2.05) is 18.2 Å². The molecule has 2 aromatic carbocycles. The molecular weight excluding hydrogens is 479 g/mol. The van der Waals surface area contributed by atoms with Crippen LogP contribution in [0.25, 0.3) is 0 Å². The van der Waals surface area contributed by atoms with Gasteiger partial charge in [-0.15, -0.1) is 24.0 Å². The smallest absolute Gasteiger partial charge is 0.191 e. The van der Waals surface area contributed by atoms with Crippen LogP contribution in [0.2, 0.25) is 0 Å². The number of guanidine groups is 1. The Morgan fingerprint density at radius 3 is 2.59 bits per heavy atom. The lowest BCUT2D eigenvalue weighted by molar-refractivity contribution is 0.390. The molecule has 0 atom stereocenters. The fourth-order valence-electron chi connectivity index (χ4n) is 3.53. The minimum absolute atomic E-state index is 0. The highest BCUT2D eigenvalue weighted by atomic mass is 127. The van der Waals surface area contributed by atoms with Gasteiger partial charge in [0, 0.05) is 51.0 Å². The van der Waals surface area contributed by atoms with Crippen LogP contribution < -0.4 is 25.0 Å². The predicted octanol–water partition coefficient (Wildman–Crippen LogP) is 3.57. The van der Waals surface area contributed by atoms with E-state index in [1.165, 1.54) is 23.2 Å². The number of aliphatic imine (C=N–C) groups is 1. The molecule has 3 rings (SSSR count). The van der Waals surface area contributed by atoms with Crippen molar-refractivity contribution in [2.24, 2.45) is 4.99 Å². The summed E-state index contributed by atoms with van der Waals surface area (Å²) in [5.41, 5.74) is 5.09. The topological polar surface area (TPSA) is 58.1 Å². The lowest BCUT2D eigenvalue weighted by Crippen LogP contribution is -2.36. The summed E-state index contributed by atoms with van der Waals surface area (Å²) in [6.45, 7) is 2.48. The van der Waals surface area contributed by atoms with Crippen molar-refractivity contribution in [3.05, 3.63) is 53.1 Å². The maximum Gasteiger partial charge on any atom is 0.191 e. The van der Waals surface area contributed by atoms with Crippen LogP contribution in [0.5, 0.6) is 11.5 Å². The third-order valence-corrected chi connectivity index (χ3v) is 5.12. The van der Waals surface area contributed by atoms with Gasteiger partial charge in [0.1, 0.15) is 11.5 Å². The molecule has 2 N–H and O–H groups in total. The van der Waals surface area contributed by atoms with Crippen molar-refractivity contribution in [2.75, 3.05) is 39.8 Å². The number of aryl methyl sites for hydroxylation is 1. The SMILES string of the molecule is CN=C(NCc1ccc2c(c1)CCCN2C)NCc1ccc(OC)cc1OC.I. The van der Waals surface area contributed by atoms with Crippen LogP contribution in [0.15, 0.2) is 41.4 Å². The maximum atomic E-state index is 5.46. The number of fused-ring (bicyclic) bond motifs is 1. The van der Waals surface area contributed by atoms with Crippen LogP contribution in [0.1, 0.15) is 23.1 Å². The fraction of sp³-hybridized carbons (Fsp3) is 0.409. The average Bonchev–Trinajstić information content (AvgIpc) is 2.74. The third-order valence-electron chi connectivity index (χ3n) is 5.12. The first-order valence-corrected chi connectivity index (χ1v) is 9.63. The molecule has 158 valence electrons. The van der Waals surface area contributed by atoms with Crippen LogP contribution in [0, 0.1) is 0 Å². The molecule has 0 saturated carbocycles. The van der Waals surface area contributed by atoms with E-state index in [-0.39, 0.29) is 24.0 Å².